The number of nitrogens with zero attached hydrogens (tertiary/aromatic N) is 1. The van der Waals surface area contributed by atoms with Crippen molar-refractivity contribution in [2.75, 3.05) is 39.5 Å². The maximum Gasteiger partial charge on any atom is 0.284 e. The number of hydrogen-bond acceptors (Lipinski definition) is 4. The highest BCUT2D eigenvalue weighted by Crippen LogP contribution is 2.21. The van der Waals surface area contributed by atoms with Gasteiger partial charge in [0, 0.05) is 34.3 Å². The van der Waals surface area contributed by atoms with Gasteiger partial charge in [-0.25, -0.2) is 8.78 Å². The first-order chi connectivity index (χ1) is 6.64. The van der Waals surface area contributed by atoms with Gasteiger partial charge in [-0.2, -0.15) is 0 Å². The topological polar surface area (TPSA) is 21.7 Å². The molecule has 0 spiro atoms. The van der Waals surface area contributed by atoms with Crippen molar-refractivity contribution in [3.63, 3.8) is 0 Å². The van der Waals surface area contributed by atoms with E-state index in [0.717, 1.165) is 9.21 Å². The van der Waals surface area contributed by atoms with E-state index in [0.29, 0.717) is 26.3 Å². The van der Waals surface area contributed by atoms with Crippen LogP contribution in [0.3, 0.4) is 0 Å². The lowest BCUT2D eigenvalue weighted by Gasteiger charge is -2.29. The molecule has 3 nitrogen and oxygen atoms in total. The fourth-order valence-corrected chi connectivity index (χ4v) is 1.84. The van der Waals surface area contributed by atoms with Crippen molar-refractivity contribution in [3.8, 4) is 0 Å². The van der Waals surface area contributed by atoms with Crippen molar-refractivity contribution in [1.29, 1.82) is 0 Å². The van der Waals surface area contributed by atoms with Crippen molar-refractivity contribution in [1.82, 2.24) is 4.90 Å². The Hall–Kier alpha value is 0.820. The van der Waals surface area contributed by atoms with Crippen LogP contribution in [0.4, 0.5) is 8.78 Å². The van der Waals surface area contributed by atoms with Gasteiger partial charge in [-0.1, -0.05) is 0 Å². The second-order valence-corrected chi connectivity index (χ2v) is 4.51. The van der Waals surface area contributed by atoms with Gasteiger partial charge in [-0.05, 0) is 0 Å². The molecule has 0 amide bonds. The van der Waals surface area contributed by atoms with E-state index < -0.39 is 12.5 Å². The number of alkyl halides is 2. The van der Waals surface area contributed by atoms with Crippen LogP contribution in [0.25, 0.3) is 0 Å². The monoisotopic (exact) mass is 339 g/mol. The van der Waals surface area contributed by atoms with Crippen LogP contribution in [-0.2, 0) is 8.92 Å². The Morgan fingerprint density at radius 1 is 1.43 bits per heavy atom. The van der Waals surface area contributed by atoms with E-state index in [9.17, 15) is 8.78 Å². The van der Waals surface area contributed by atoms with Crippen molar-refractivity contribution in [2.45, 2.75) is 5.92 Å². The summed E-state index contributed by atoms with van der Waals surface area (Å²) in [5.41, 5.74) is 0. The first-order valence-corrected chi connectivity index (χ1v) is 7.51. The summed E-state index contributed by atoms with van der Waals surface area (Å²) in [7, 11) is 0.937. The van der Waals surface area contributed by atoms with Crippen molar-refractivity contribution >= 4 is 30.4 Å². The van der Waals surface area contributed by atoms with Gasteiger partial charge >= 0.3 is 0 Å². The van der Waals surface area contributed by atoms with E-state index in [4.69, 9.17) is 4.74 Å². The minimum Gasteiger partial charge on any atom is -0.379 e. The van der Waals surface area contributed by atoms with E-state index >= 15 is 0 Å². The van der Waals surface area contributed by atoms with Crippen LogP contribution in [0, 0.1) is 0 Å². The van der Waals surface area contributed by atoms with Gasteiger partial charge in [0.2, 0.25) is 0 Å². The summed E-state index contributed by atoms with van der Waals surface area (Å²) in [6.07, 6.45) is 0. The molecule has 0 unspecified atom stereocenters. The predicted octanol–water partition coefficient (Wildman–Crippen LogP) is 1.97. The molecule has 1 fully saturated rings. The van der Waals surface area contributed by atoms with Crippen LogP contribution in [-0.4, -0.2) is 50.3 Å². The van der Waals surface area contributed by atoms with Crippen LogP contribution in [0.15, 0.2) is 0 Å². The zero-order valence-corrected chi connectivity index (χ0v) is 10.5. The first-order valence-electron chi connectivity index (χ1n) is 4.22. The zero-order valence-electron chi connectivity index (χ0n) is 7.55. The Morgan fingerprint density at radius 2 is 2.07 bits per heavy atom. The third-order valence-electron chi connectivity index (χ3n) is 1.87. The smallest absolute Gasteiger partial charge is 0.284 e. The highest BCUT2D eigenvalue weighted by molar-refractivity contribution is 14.2. The minimum atomic E-state index is -2.77. The second kappa shape index (κ2) is 6.41. The summed E-state index contributed by atoms with van der Waals surface area (Å²) in [5.74, 6) is -2.77. The highest BCUT2D eigenvalue weighted by Gasteiger charge is 2.32. The van der Waals surface area contributed by atoms with Crippen molar-refractivity contribution in [2.24, 2.45) is 0 Å². The standard InChI is InChI=1S/C7H12F2INO2S/c8-7(9,6-13-14-10)5-11-1-3-12-4-2-11/h1-6H2. The Kier molecular flexibility index (Phi) is 5.90. The summed E-state index contributed by atoms with van der Waals surface area (Å²) in [5, 5.41) is 0. The molecule has 0 radical (unpaired) electrons. The van der Waals surface area contributed by atoms with Gasteiger partial charge in [0.05, 0.1) is 29.0 Å². The summed E-state index contributed by atoms with van der Waals surface area (Å²) >= 11 is 1.83. The lowest BCUT2D eigenvalue weighted by Crippen LogP contribution is -2.45. The molecule has 84 valence electrons. The predicted molar refractivity (Wildman–Crippen MR) is 59.8 cm³/mol. The lowest BCUT2D eigenvalue weighted by molar-refractivity contribution is -0.0775. The van der Waals surface area contributed by atoms with Gasteiger partial charge in [-0.3, -0.25) is 9.08 Å². The average Bonchev–Trinajstić information content (AvgIpc) is 2.16. The molecule has 1 saturated heterocycles. The fourth-order valence-electron chi connectivity index (χ4n) is 1.24. The largest absolute Gasteiger partial charge is 0.379 e. The molecule has 1 aliphatic heterocycles. The highest BCUT2D eigenvalue weighted by atomic mass is 127. The van der Waals surface area contributed by atoms with E-state index in [-0.39, 0.29) is 6.54 Å². The van der Waals surface area contributed by atoms with Crippen LogP contribution >= 0.6 is 30.4 Å². The van der Waals surface area contributed by atoms with Gasteiger partial charge < -0.3 is 4.74 Å². The average molecular weight is 339 g/mol. The normalized spacial score (nSPS) is 19.9. The lowest BCUT2D eigenvalue weighted by atomic mass is 10.3. The van der Waals surface area contributed by atoms with E-state index in [1.54, 1.807) is 4.90 Å². The number of halogens is 3. The summed E-state index contributed by atoms with van der Waals surface area (Å²) in [6, 6.07) is 0. The molecule has 1 rings (SSSR count). The van der Waals surface area contributed by atoms with Gasteiger partial charge in [0.15, 0.2) is 0 Å². The maximum absolute atomic E-state index is 13.2. The molecule has 0 aromatic carbocycles. The third kappa shape index (κ3) is 5.06. The quantitative estimate of drug-likeness (QED) is 0.564. The summed E-state index contributed by atoms with van der Waals surface area (Å²) in [6.45, 7) is 1.46. The van der Waals surface area contributed by atoms with Crippen LogP contribution < -0.4 is 0 Å². The van der Waals surface area contributed by atoms with Gasteiger partial charge in [-0.15, -0.1) is 0 Å². The number of ether oxygens (including phenoxy) is 1. The van der Waals surface area contributed by atoms with Gasteiger partial charge in [0.25, 0.3) is 5.92 Å². The van der Waals surface area contributed by atoms with Gasteiger partial charge in [0.1, 0.15) is 6.61 Å². The Morgan fingerprint density at radius 3 is 2.64 bits per heavy atom. The molecule has 0 aliphatic carbocycles. The fraction of sp³-hybridized carbons (Fsp3) is 1.00. The molecule has 1 heterocycles. The summed E-state index contributed by atoms with van der Waals surface area (Å²) in [4.78, 5) is 1.70. The maximum atomic E-state index is 13.2. The number of morpholine rings is 1. The van der Waals surface area contributed by atoms with E-state index in [1.807, 2.05) is 21.2 Å². The molecular formula is C7H12F2INO2S. The molecule has 0 aromatic heterocycles. The molecule has 0 atom stereocenters. The third-order valence-corrected chi connectivity index (χ3v) is 2.84. The molecule has 0 N–H and O–H groups in total. The molecule has 0 bridgehead atoms. The van der Waals surface area contributed by atoms with Crippen LogP contribution in [0.2, 0.25) is 0 Å². The molecule has 0 saturated carbocycles. The number of hydrogen-bond donors (Lipinski definition) is 0. The second-order valence-electron chi connectivity index (χ2n) is 3.07. The van der Waals surface area contributed by atoms with E-state index in [2.05, 4.69) is 4.18 Å². The number of rotatable bonds is 5. The first kappa shape index (κ1) is 12.9. The Balaban J connectivity index is 2.25. The summed E-state index contributed by atoms with van der Waals surface area (Å²) < 4.78 is 36.0. The Bertz CT molecular complexity index is 170. The zero-order chi connectivity index (χ0) is 10.4. The van der Waals surface area contributed by atoms with Crippen molar-refractivity contribution in [3.05, 3.63) is 0 Å². The minimum absolute atomic E-state index is 0.243. The molecule has 0 aromatic rings. The molecular weight excluding hydrogens is 327 g/mol. The van der Waals surface area contributed by atoms with Crippen LogP contribution in [0.5, 0.6) is 0 Å². The van der Waals surface area contributed by atoms with Crippen molar-refractivity contribution < 1.29 is 17.7 Å². The van der Waals surface area contributed by atoms with Crippen LogP contribution in [0.1, 0.15) is 0 Å². The molecule has 1 aliphatic rings. The molecule has 7 heteroatoms. The Labute approximate surface area is 98.3 Å². The van der Waals surface area contributed by atoms with E-state index in [1.165, 1.54) is 0 Å². The molecule has 14 heavy (non-hydrogen) atoms. The SMILES string of the molecule is FC(F)(COSI)CN1CCOCC1.